The molecule has 0 aliphatic heterocycles. The monoisotopic (exact) mass is 336 g/mol. The van der Waals surface area contributed by atoms with Crippen molar-refractivity contribution in [2.45, 2.75) is 13.8 Å². The minimum atomic E-state index is -0.344. The Morgan fingerprint density at radius 3 is 2.48 bits per heavy atom. The number of hydrogen-bond donors (Lipinski definition) is 1. The lowest BCUT2D eigenvalue weighted by molar-refractivity contribution is 0.0772. The molecule has 3 rings (SSSR count). The fourth-order valence-corrected chi connectivity index (χ4v) is 2.71. The maximum atomic E-state index is 12.4. The van der Waals surface area contributed by atoms with Crippen LogP contribution < -0.4 is 5.32 Å². The van der Waals surface area contributed by atoms with Gasteiger partial charge in [-0.15, -0.1) is 0 Å². The van der Waals surface area contributed by atoms with Crippen molar-refractivity contribution in [3.05, 3.63) is 65.9 Å². The summed E-state index contributed by atoms with van der Waals surface area (Å²) in [5.41, 5.74) is 1.77. The molecule has 1 N–H and O–H groups in total. The first kappa shape index (κ1) is 16.8. The number of amides is 2. The van der Waals surface area contributed by atoms with Crippen LogP contribution in [0.4, 0.5) is 5.69 Å². The Labute approximate surface area is 146 Å². The Kier molecular flexibility index (Phi) is 4.84. The second-order valence-electron chi connectivity index (χ2n) is 5.66. The molecule has 128 valence electrons. The van der Waals surface area contributed by atoms with E-state index in [1.807, 2.05) is 38.1 Å². The number of anilines is 1. The molecule has 5 heteroatoms. The predicted octanol–water partition coefficient (Wildman–Crippen LogP) is 4.17. The molecule has 0 bridgehead atoms. The fraction of sp³-hybridized carbons (Fsp3) is 0.200. The van der Waals surface area contributed by atoms with E-state index in [0.717, 1.165) is 5.39 Å². The molecule has 0 saturated heterocycles. The van der Waals surface area contributed by atoms with Gasteiger partial charge in [-0.25, -0.2) is 0 Å². The van der Waals surface area contributed by atoms with Gasteiger partial charge in [0, 0.05) is 29.7 Å². The number of nitrogens with one attached hydrogen (secondary N) is 1. The molecule has 0 atom stereocenters. The summed E-state index contributed by atoms with van der Waals surface area (Å²) in [5, 5.41) is 3.66. The number of nitrogens with zero attached hydrogens (tertiary/aromatic N) is 1. The van der Waals surface area contributed by atoms with E-state index in [9.17, 15) is 9.59 Å². The summed E-state index contributed by atoms with van der Waals surface area (Å²) in [6.45, 7) is 5.17. The molecular weight excluding hydrogens is 316 g/mol. The van der Waals surface area contributed by atoms with Gasteiger partial charge in [0.2, 0.25) is 0 Å². The highest BCUT2D eigenvalue weighted by Gasteiger charge is 2.15. The van der Waals surface area contributed by atoms with Crippen LogP contribution in [0, 0.1) is 0 Å². The standard InChI is InChI=1S/C20H20N2O3/c1-3-22(4-2)20(24)15-9-7-10-16(12-15)21-19(23)18-13-14-8-5-6-11-17(14)25-18/h5-13H,3-4H2,1-2H3,(H,21,23). The number of para-hydroxylation sites is 1. The quantitative estimate of drug-likeness (QED) is 0.761. The van der Waals surface area contributed by atoms with Crippen LogP contribution in [0.1, 0.15) is 34.8 Å². The highest BCUT2D eigenvalue weighted by atomic mass is 16.3. The van der Waals surface area contributed by atoms with E-state index in [4.69, 9.17) is 4.42 Å². The Balaban J connectivity index is 1.79. The number of furan rings is 1. The topological polar surface area (TPSA) is 62.6 Å². The van der Waals surface area contributed by atoms with Gasteiger partial charge in [-0.2, -0.15) is 0 Å². The average Bonchev–Trinajstić information content (AvgIpc) is 3.07. The van der Waals surface area contributed by atoms with Crippen LogP contribution in [-0.2, 0) is 0 Å². The van der Waals surface area contributed by atoms with Crippen LogP contribution in [0.25, 0.3) is 11.0 Å². The summed E-state index contributed by atoms with van der Waals surface area (Å²) < 4.78 is 5.57. The normalized spacial score (nSPS) is 10.6. The van der Waals surface area contributed by atoms with E-state index < -0.39 is 0 Å². The molecule has 2 amide bonds. The molecule has 0 aliphatic carbocycles. The van der Waals surface area contributed by atoms with Gasteiger partial charge in [-0.3, -0.25) is 9.59 Å². The van der Waals surface area contributed by atoms with Crippen molar-refractivity contribution in [3.8, 4) is 0 Å². The highest BCUT2D eigenvalue weighted by molar-refractivity contribution is 6.05. The Morgan fingerprint density at radius 1 is 1.00 bits per heavy atom. The van der Waals surface area contributed by atoms with Gasteiger partial charge < -0.3 is 14.6 Å². The highest BCUT2D eigenvalue weighted by Crippen LogP contribution is 2.20. The fourth-order valence-electron chi connectivity index (χ4n) is 2.71. The number of benzene rings is 2. The average molecular weight is 336 g/mol. The molecule has 2 aromatic carbocycles. The Bertz CT molecular complexity index is 877. The minimum absolute atomic E-state index is 0.0511. The van der Waals surface area contributed by atoms with E-state index in [2.05, 4.69) is 5.32 Å². The number of hydrogen-bond acceptors (Lipinski definition) is 3. The van der Waals surface area contributed by atoms with E-state index >= 15 is 0 Å². The molecule has 0 fully saturated rings. The second-order valence-corrected chi connectivity index (χ2v) is 5.66. The number of fused-ring (bicyclic) bond motifs is 1. The SMILES string of the molecule is CCN(CC)C(=O)c1cccc(NC(=O)c2cc3ccccc3o2)c1. The molecule has 0 spiro atoms. The zero-order chi connectivity index (χ0) is 17.8. The summed E-state index contributed by atoms with van der Waals surface area (Å²) in [6, 6.07) is 16.1. The van der Waals surface area contributed by atoms with Gasteiger partial charge in [-0.1, -0.05) is 24.3 Å². The van der Waals surface area contributed by atoms with Gasteiger partial charge in [0.1, 0.15) is 5.58 Å². The zero-order valence-electron chi connectivity index (χ0n) is 14.3. The molecular formula is C20H20N2O3. The lowest BCUT2D eigenvalue weighted by atomic mass is 10.1. The van der Waals surface area contributed by atoms with Crippen LogP contribution >= 0.6 is 0 Å². The van der Waals surface area contributed by atoms with Crippen LogP contribution in [0.15, 0.2) is 59.0 Å². The molecule has 5 nitrogen and oxygen atoms in total. The number of carbonyl (C=O) groups is 2. The number of carbonyl (C=O) groups excluding carboxylic acids is 2. The van der Waals surface area contributed by atoms with Gasteiger partial charge in [0.25, 0.3) is 11.8 Å². The molecule has 3 aromatic rings. The maximum Gasteiger partial charge on any atom is 0.291 e. The van der Waals surface area contributed by atoms with Gasteiger partial charge in [0.15, 0.2) is 5.76 Å². The lowest BCUT2D eigenvalue weighted by Crippen LogP contribution is -2.30. The van der Waals surface area contributed by atoms with Crippen molar-refractivity contribution >= 4 is 28.5 Å². The molecule has 0 unspecified atom stereocenters. The maximum absolute atomic E-state index is 12.4. The Hall–Kier alpha value is -3.08. The predicted molar refractivity (Wildman–Crippen MR) is 97.9 cm³/mol. The van der Waals surface area contributed by atoms with Crippen molar-refractivity contribution in [1.29, 1.82) is 0 Å². The largest absolute Gasteiger partial charge is 0.451 e. The summed E-state index contributed by atoms with van der Waals surface area (Å²) in [5.74, 6) is -0.157. The molecule has 1 heterocycles. The van der Waals surface area contributed by atoms with Crippen LogP contribution in [0.3, 0.4) is 0 Å². The Morgan fingerprint density at radius 2 is 1.76 bits per heavy atom. The van der Waals surface area contributed by atoms with Crippen molar-refractivity contribution < 1.29 is 14.0 Å². The van der Waals surface area contributed by atoms with E-state index in [-0.39, 0.29) is 17.6 Å². The van der Waals surface area contributed by atoms with Crippen molar-refractivity contribution in [3.63, 3.8) is 0 Å². The van der Waals surface area contributed by atoms with Gasteiger partial charge >= 0.3 is 0 Å². The molecule has 25 heavy (non-hydrogen) atoms. The molecule has 0 aliphatic rings. The van der Waals surface area contributed by atoms with Crippen LogP contribution in [-0.4, -0.2) is 29.8 Å². The van der Waals surface area contributed by atoms with Crippen molar-refractivity contribution in [2.24, 2.45) is 0 Å². The molecule has 0 saturated carbocycles. The third-order valence-corrected chi connectivity index (χ3v) is 4.07. The summed E-state index contributed by atoms with van der Waals surface area (Å²) in [6.07, 6.45) is 0. The third kappa shape index (κ3) is 3.55. The van der Waals surface area contributed by atoms with Gasteiger partial charge in [-0.05, 0) is 44.2 Å². The lowest BCUT2D eigenvalue weighted by Gasteiger charge is -2.18. The van der Waals surface area contributed by atoms with E-state index in [0.29, 0.717) is 29.9 Å². The first-order valence-corrected chi connectivity index (χ1v) is 8.31. The van der Waals surface area contributed by atoms with Crippen LogP contribution in [0.5, 0.6) is 0 Å². The molecule has 0 radical (unpaired) electrons. The summed E-state index contributed by atoms with van der Waals surface area (Å²) >= 11 is 0. The molecule has 1 aromatic heterocycles. The first-order valence-electron chi connectivity index (χ1n) is 8.31. The first-order chi connectivity index (χ1) is 12.1. The van der Waals surface area contributed by atoms with Crippen LogP contribution in [0.2, 0.25) is 0 Å². The number of rotatable bonds is 5. The van der Waals surface area contributed by atoms with Crippen molar-refractivity contribution in [1.82, 2.24) is 4.90 Å². The van der Waals surface area contributed by atoms with E-state index in [1.54, 1.807) is 35.2 Å². The zero-order valence-corrected chi connectivity index (χ0v) is 14.3. The summed E-state index contributed by atoms with van der Waals surface area (Å²) in [4.78, 5) is 26.6. The summed E-state index contributed by atoms with van der Waals surface area (Å²) in [7, 11) is 0. The van der Waals surface area contributed by atoms with Crippen molar-refractivity contribution in [2.75, 3.05) is 18.4 Å². The van der Waals surface area contributed by atoms with E-state index in [1.165, 1.54) is 0 Å². The smallest absolute Gasteiger partial charge is 0.291 e. The minimum Gasteiger partial charge on any atom is -0.451 e. The second kappa shape index (κ2) is 7.21. The van der Waals surface area contributed by atoms with Gasteiger partial charge in [0.05, 0.1) is 0 Å². The third-order valence-electron chi connectivity index (χ3n) is 4.07.